The van der Waals surface area contributed by atoms with Crippen LogP contribution in [0.5, 0.6) is 5.75 Å². The Morgan fingerprint density at radius 2 is 1.60 bits per heavy atom. The maximum Gasteiger partial charge on any atom is 0.417 e. The summed E-state index contributed by atoms with van der Waals surface area (Å²) >= 11 is 0. The molecule has 3 aliphatic rings. The van der Waals surface area contributed by atoms with Crippen LogP contribution < -0.4 is 21.3 Å². The van der Waals surface area contributed by atoms with Gasteiger partial charge in [-0.15, -0.1) is 0 Å². The third-order valence-corrected chi connectivity index (χ3v) is 9.92. The van der Waals surface area contributed by atoms with Gasteiger partial charge in [0.15, 0.2) is 17.1 Å². The van der Waals surface area contributed by atoms with Gasteiger partial charge < -0.3 is 41.3 Å². The lowest BCUT2D eigenvalue weighted by Crippen LogP contribution is -2.73. The number of Topliss-reactive ketones (excluding diaryl/α,β-unsaturated/α-hetero) is 2. The molecule has 286 valence electrons. The molecule has 2 saturated carbocycles. The lowest BCUT2D eigenvalue weighted by Gasteiger charge is -2.53. The van der Waals surface area contributed by atoms with E-state index >= 15 is 0 Å². The number of primary amides is 1. The minimum Gasteiger partial charge on any atom is -0.507 e. The van der Waals surface area contributed by atoms with Gasteiger partial charge in [0.05, 0.1) is 34.0 Å². The van der Waals surface area contributed by atoms with Crippen molar-refractivity contribution in [2.75, 3.05) is 38.4 Å². The van der Waals surface area contributed by atoms with Crippen LogP contribution in [0.25, 0.3) is 5.76 Å². The first-order valence-electron chi connectivity index (χ1n) is 15.7. The van der Waals surface area contributed by atoms with Crippen molar-refractivity contribution in [2.45, 2.75) is 42.9 Å². The van der Waals surface area contributed by atoms with Crippen molar-refractivity contribution in [3.8, 4) is 5.75 Å². The predicted octanol–water partition coefficient (Wildman–Crippen LogP) is 2.19. The zero-order chi connectivity index (χ0) is 39.9. The van der Waals surface area contributed by atoms with Crippen molar-refractivity contribution >= 4 is 46.5 Å². The first kappa shape index (κ1) is 39.0. The summed E-state index contributed by atoms with van der Waals surface area (Å²) in [6.07, 6.45) is -12.6. The number of carbonyl (C=O) groups excluding carboxylic acids is 5. The highest BCUT2D eigenvalue weighted by Gasteiger charge is 2.67. The van der Waals surface area contributed by atoms with E-state index in [1.54, 1.807) is 5.32 Å². The zero-order valence-electron chi connectivity index (χ0n) is 28.2. The Bertz CT molecular complexity index is 1980. The summed E-state index contributed by atoms with van der Waals surface area (Å²) in [5.41, 5.74) is -3.71. The number of phenolic OH excluding ortho intramolecular Hbond substituents is 1. The average molecular weight is 758 g/mol. The average Bonchev–Trinajstić information content (AvgIpc) is 3.02. The third kappa shape index (κ3) is 6.33. The lowest BCUT2D eigenvalue weighted by atomic mass is 9.54. The maximum absolute atomic E-state index is 14.1. The molecule has 0 aliphatic heterocycles. The van der Waals surface area contributed by atoms with E-state index in [1.165, 1.54) is 44.1 Å². The summed E-state index contributed by atoms with van der Waals surface area (Å²) in [6, 6.07) is -1.36. The summed E-state index contributed by atoms with van der Waals surface area (Å²) in [7, 11) is 6.02. The fourth-order valence-electron chi connectivity index (χ4n) is 7.62. The number of nitrogens with two attached hydrogens (primary N) is 1. The van der Waals surface area contributed by atoms with Gasteiger partial charge in [-0.3, -0.25) is 24.5 Å². The van der Waals surface area contributed by atoms with Gasteiger partial charge in [-0.2, -0.15) is 26.3 Å². The SMILES string of the molecule is CN(C)c1cc(NC(=O)NC(=O)c2ccc(C(F)(F)F)cc2C(F)(F)F)c(O)c2c1C[C@@H]1C[C@@H]3[C@@H](N(C)C)C(O)C(C(N)=O)C(=O)[C@]3(O)C(=O)C1=C2O. The van der Waals surface area contributed by atoms with E-state index in [1.807, 2.05) is 5.32 Å². The Morgan fingerprint density at radius 3 is 2.13 bits per heavy atom. The molecule has 2 fully saturated rings. The number of nitrogens with zero attached hydrogens (tertiary/aromatic N) is 2. The molecule has 4 amide bonds. The van der Waals surface area contributed by atoms with Gasteiger partial charge in [0.25, 0.3) is 5.91 Å². The highest BCUT2D eigenvalue weighted by atomic mass is 19.4. The van der Waals surface area contributed by atoms with Crippen molar-refractivity contribution in [3.05, 3.63) is 57.7 Å². The minimum absolute atomic E-state index is 0.114. The van der Waals surface area contributed by atoms with Gasteiger partial charge in [-0.05, 0) is 62.7 Å². The lowest BCUT2D eigenvalue weighted by molar-refractivity contribution is -0.184. The van der Waals surface area contributed by atoms with E-state index in [-0.39, 0.29) is 42.3 Å². The standard InChI is InChI=1S/C33H33F6N5O9/c1-43(2)18-10-17(41-30(52)42-29(51)13-6-5-12(32(34,35)36)9-15(13)33(37,38)39)23(45)20-14(18)7-11-8-16-22(44(3)4)25(47)21(28(40)50)27(49)31(16,53)26(48)19(11)24(20)46/h5-6,9-11,16,21-22,25,45-47,53H,7-8H2,1-4H3,(H2,40,50)(H2,41,42,51,52)/t11-,16-,21?,22-,25?,31-/m1/s1. The molecular weight excluding hydrogens is 724 g/mol. The molecule has 0 radical (unpaired) electrons. The molecule has 8 N–H and O–H groups in total. The molecule has 3 aliphatic carbocycles. The molecule has 53 heavy (non-hydrogen) atoms. The third-order valence-electron chi connectivity index (χ3n) is 9.92. The van der Waals surface area contributed by atoms with Crippen molar-refractivity contribution in [1.29, 1.82) is 0 Å². The van der Waals surface area contributed by atoms with E-state index < -0.39 is 122 Å². The number of imide groups is 1. The summed E-state index contributed by atoms with van der Waals surface area (Å²) in [4.78, 5) is 68.4. The smallest absolute Gasteiger partial charge is 0.417 e. The fraction of sp³-hybridized carbons (Fsp3) is 0.424. The number of rotatable bonds is 5. The van der Waals surface area contributed by atoms with Gasteiger partial charge in [-0.1, -0.05) is 0 Å². The number of halogens is 6. The number of hydrogen-bond acceptors (Lipinski definition) is 11. The summed E-state index contributed by atoms with van der Waals surface area (Å²) < 4.78 is 80.2. The number of aromatic hydroxyl groups is 1. The van der Waals surface area contributed by atoms with Gasteiger partial charge in [-0.25, -0.2) is 4.79 Å². The van der Waals surface area contributed by atoms with Crippen molar-refractivity contribution < 1.29 is 70.7 Å². The van der Waals surface area contributed by atoms with Crippen LogP contribution in [-0.2, 0) is 33.2 Å². The van der Waals surface area contributed by atoms with E-state index in [2.05, 4.69) is 0 Å². The maximum atomic E-state index is 14.1. The number of amides is 4. The van der Waals surface area contributed by atoms with E-state index in [0.29, 0.717) is 0 Å². The van der Waals surface area contributed by atoms with Crippen LogP contribution in [0.3, 0.4) is 0 Å². The van der Waals surface area contributed by atoms with Crippen molar-refractivity contribution in [3.63, 3.8) is 0 Å². The summed E-state index contributed by atoms with van der Waals surface area (Å²) in [6.45, 7) is 0. The second-order valence-corrected chi connectivity index (χ2v) is 13.5. The van der Waals surface area contributed by atoms with Crippen LogP contribution in [0, 0.1) is 17.8 Å². The molecule has 0 spiro atoms. The highest BCUT2D eigenvalue weighted by molar-refractivity contribution is 6.25. The van der Waals surface area contributed by atoms with Crippen LogP contribution in [-0.4, -0.2) is 101 Å². The number of likely N-dealkylation sites (N-methyl/N-ethyl adjacent to an activating group) is 1. The molecule has 2 aromatic carbocycles. The van der Waals surface area contributed by atoms with Crippen molar-refractivity contribution in [1.82, 2.24) is 10.2 Å². The first-order chi connectivity index (χ1) is 24.3. The fourth-order valence-corrected chi connectivity index (χ4v) is 7.62. The molecule has 20 heteroatoms. The number of fused-ring (bicyclic) bond motifs is 3. The second-order valence-electron chi connectivity index (χ2n) is 13.5. The predicted molar refractivity (Wildman–Crippen MR) is 171 cm³/mol. The number of urea groups is 1. The van der Waals surface area contributed by atoms with Crippen LogP contribution in [0.1, 0.15) is 39.0 Å². The second kappa shape index (κ2) is 13.0. The number of carbonyl (C=O) groups is 5. The summed E-state index contributed by atoms with van der Waals surface area (Å²) in [5, 5.41) is 49.3. The molecule has 0 aromatic heterocycles. The van der Waals surface area contributed by atoms with Gasteiger partial charge in [0.1, 0.15) is 11.7 Å². The largest absolute Gasteiger partial charge is 0.507 e. The normalized spacial score (nSPS) is 25.7. The number of aliphatic hydroxyl groups is 3. The number of phenols is 1. The quantitative estimate of drug-likeness (QED) is 0.133. The zero-order valence-corrected chi connectivity index (χ0v) is 28.2. The molecule has 0 heterocycles. The molecule has 6 atom stereocenters. The van der Waals surface area contributed by atoms with E-state index in [4.69, 9.17) is 5.73 Å². The molecule has 2 aromatic rings. The van der Waals surface area contributed by atoms with Crippen molar-refractivity contribution in [2.24, 2.45) is 23.5 Å². The molecule has 14 nitrogen and oxygen atoms in total. The Labute approximate surface area is 295 Å². The molecule has 2 unspecified atom stereocenters. The number of ketones is 2. The Balaban J connectivity index is 1.54. The van der Waals surface area contributed by atoms with Gasteiger partial charge in [0.2, 0.25) is 11.7 Å². The number of benzene rings is 2. The number of alkyl halides is 6. The number of nitrogens with one attached hydrogen (secondary N) is 2. The minimum atomic E-state index is -5.44. The van der Waals surface area contributed by atoms with Crippen LogP contribution in [0.15, 0.2) is 29.8 Å². The van der Waals surface area contributed by atoms with E-state index in [0.717, 1.165) is 0 Å². The Hall–Kier alpha value is -5.21. The summed E-state index contributed by atoms with van der Waals surface area (Å²) in [5.74, 6) is -11.8. The molecule has 0 saturated heterocycles. The topological polar surface area (TPSA) is 223 Å². The first-order valence-corrected chi connectivity index (χ1v) is 15.7. The van der Waals surface area contributed by atoms with E-state index in [9.17, 15) is 70.7 Å². The Morgan fingerprint density at radius 1 is 0.981 bits per heavy atom. The van der Waals surface area contributed by atoms with Crippen LogP contribution in [0.4, 0.5) is 42.5 Å². The number of aliphatic hydroxyl groups excluding tert-OH is 2. The number of anilines is 2. The Kier molecular flexibility index (Phi) is 9.59. The molecule has 5 rings (SSSR count). The highest BCUT2D eigenvalue weighted by Crippen LogP contribution is 2.54. The monoisotopic (exact) mass is 757 g/mol. The van der Waals surface area contributed by atoms with Gasteiger partial charge >= 0.3 is 18.4 Å². The molecule has 0 bridgehead atoms. The van der Waals surface area contributed by atoms with Crippen LogP contribution >= 0.6 is 0 Å². The number of hydrogen-bond donors (Lipinski definition) is 7. The van der Waals surface area contributed by atoms with Crippen LogP contribution in [0.2, 0.25) is 0 Å². The molecular formula is C33H33F6N5O9. The van der Waals surface area contributed by atoms with Gasteiger partial charge in [0, 0.05) is 37.3 Å².